The van der Waals surface area contributed by atoms with Crippen LogP contribution in [0.5, 0.6) is 0 Å². The molecular formula is C8H15NO. The molecule has 3 atom stereocenters. The third-order valence-electron chi connectivity index (χ3n) is 3.03. The van der Waals surface area contributed by atoms with E-state index in [0.717, 1.165) is 5.92 Å². The van der Waals surface area contributed by atoms with Crippen LogP contribution in [0.4, 0.5) is 0 Å². The molecule has 3 unspecified atom stereocenters. The van der Waals surface area contributed by atoms with Crippen LogP contribution in [-0.4, -0.2) is 36.2 Å². The maximum atomic E-state index is 8.99. The first-order chi connectivity index (χ1) is 4.90. The highest BCUT2D eigenvalue weighted by molar-refractivity contribution is 4.86. The zero-order valence-electron chi connectivity index (χ0n) is 6.29. The summed E-state index contributed by atoms with van der Waals surface area (Å²) in [6.45, 7) is 4.17. The first-order valence-corrected chi connectivity index (χ1v) is 4.23. The Morgan fingerprint density at radius 1 is 1.30 bits per heavy atom. The van der Waals surface area contributed by atoms with E-state index in [2.05, 4.69) is 4.90 Å². The smallest absolute Gasteiger partial charge is 0.0462 e. The molecule has 0 amide bonds. The molecule has 1 N–H and O–H groups in total. The highest BCUT2D eigenvalue weighted by Gasteiger charge is 2.33. The maximum Gasteiger partial charge on any atom is 0.0462 e. The van der Waals surface area contributed by atoms with E-state index >= 15 is 0 Å². The standard InChI is InChI=1S/C8H15NO/c10-6-8-2-4-9-3-1-7(8)5-9/h7-8,10H,1-6H2. The Morgan fingerprint density at radius 3 is 2.90 bits per heavy atom. The Balaban J connectivity index is 2.00. The fraction of sp³-hybridized carbons (Fsp3) is 1.00. The van der Waals surface area contributed by atoms with Gasteiger partial charge < -0.3 is 10.0 Å². The van der Waals surface area contributed by atoms with E-state index in [4.69, 9.17) is 5.11 Å². The van der Waals surface area contributed by atoms with Gasteiger partial charge in [0.25, 0.3) is 0 Å². The van der Waals surface area contributed by atoms with Crippen molar-refractivity contribution < 1.29 is 5.11 Å². The summed E-state index contributed by atoms with van der Waals surface area (Å²) < 4.78 is 0. The van der Waals surface area contributed by atoms with Crippen molar-refractivity contribution in [1.82, 2.24) is 4.90 Å². The highest BCUT2D eigenvalue weighted by Crippen LogP contribution is 2.31. The molecule has 2 aliphatic heterocycles. The van der Waals surface area contributed by atoms with Crippen molar-refractivity contribution in [2.45, 2.75) is 12.8 Å². The van der Waals surface area contributed by atoms with Gasteiger partial charge in [0.05, 0.1) is 0 Å². The van der Waals surface area contributed by atoms with Gasteiger partial charge in [0, 0.05) is 13.2 Å². The molecule has 0 spiro atoms. The van der Waals surface area contributed by atoms with Gasteiger partial charge in [0.1, 0.15) is 0 Å². The van der Waals surface area contributed by atoms with Crippen LogP contribution in [0, 0.1) is 11.8 Å². The van der Waals surface area contributed by atoms with E-state index in [1.165, 1.54) is 32.5 Å². The van der Waals surface area contributed by atoms with Gasteiger partial charge in [-0.2, -0.15) is 0 Å². The van der Waals surface area contributed by atoms with Crippen molar-refractivity contribution in [1.29, 1.82) is 0 Å². The lowest BCUT2D eigenvalue weighted by Crippen LogP contribution is -2.33. The maximum absolute atomic E-state index is 8.99. The molecule has 0 aliphatic carbocycles. The first kappa shape index (κ1) is 6.62. The second kappa shape index (κ2) is 2.51. The number of nitrogens with zero attached hydrogens (tertiary/aromatic N) is 1. The van der Waals surface area contributed by atoms with Crippen LogP contribution in [0.3, 0.4) is 0 Å². The Bertz CT molecular complexity index is 126. The molecule has 0 radical (unpaired) electrons. The largest absolute Gasteiger partial charge is 0.396 e. The molecule has 0 saturated carbocycles. The topological polar surface area (TPSA) is 23.5 Å². The second-order valence-electron chi connectivity index (χ2n) is 3.58. The molecule has 2 heterocycles. The summed E-state index contributed by atoms with van der Waals surface area (Å²) in [7, 11) is 0. The molecule has 58 valence electrons. The monoisotopic (exact) mass is 141 g/mol. The quantitative estimate of drug-likeness (QED) is 0.568. The van der Waals surface area contributed by atoms with Crippen LogP contribution < -0.4 is 0 Å². The molecular weight excluding hydrogens is 126 g/mol. The van der Waals surface area contributed by atoms with Crippen LogP contribution in [-0.2, 0) is 0 Å². The number of piperidine rings is 1. The Labute approximate surface area is 61.8 Å². The van der Waals surface area contributed by atoms with Gasteiger partial charge in [0.2, 0.25) is 0 Å². The minimum Gasteiger partial charge on any atom is -0.396 e. The Morgan fingerprint density at radius 2 is 2.10 bits per heavy atom. The van der Waals surface area contributed by atoms with Crippen molar-refractivity contribution in [2.75, 3.05) is 26.2 Å². The van der Waals surface area contributed by atoms with E-state index in [1.807, 2.05) is 0 Å². The predicted molar refractivity (Wildman–Crippen MR) is 39.7 cm³/mol. The predicted octanol–water partition coefficient (Wildman–Crippen LogP) is 0.321. The van der Waals surface area contributed by atoms with Crippen LogP contribution in [0.2, 0.25) is 0 Å². The molecule has 0 aromatic carbocycles. The molecule has 2 aliphatic rings. The minimum atomic E-state index is 0.415. The van der Waals surface area contributed by atoms with Gasteiger partial charge in [-0.25, -0.2) is 0 Å². The molecule has 2 saturated heterocycles. The summed E-state index contributed by atoms with van der Waals surface area (Å²) in [5.74, 6) is 1.44. The summed E-state index contributed by atoms with van der Waals surface area (Å²) in [5, 5.41) is 8.99. The van der Waals surface area contributed by atoms with Crippen molar-refractivity contribution in [3.05, 3.63) is 0 Å². The normalized spacial score (nSPS) is 45.9. The summed E-state index contributed by atoms with van der Waals surface area (Å²) in [5.41, 5.74) is 0. The molecule has 2 fully saturated rings. The first-order valence-electron chi connectivity index (χ1n) is 4.23. The van der Waals surface area contributed by atoms with Crippen molar-refractivity contribution >= 4 is 0 Å². The molecule has 2 heteroatoms. The second-order valence-corrected chi connectivity index (χ2v) is 3.58. The summed E-state index contributed by atoms with van der Waals surface area (Å²) >= 11 is 0. The lowest BCUT2D eigenvalue weighted by molar-refractivity contribution is 0.128. The Hall–Kier alpha value is -0.0800. The van der Waals surface area contributed by atoms with Gasteiger partial charge >= 0.3 is 0 Å². The number of hydrogen-bond donors (Lipinski definition) is 1. The molecule has 0 aromatic heterocycles. The van der Waals surface area contributed by atoms with Crippen LogP contribution in [0.15, 0.2) is 0 Å². The number of fused-ring (bicyclic) bond motifs is 2. The lowest BCUT2D eigenvalue weighted by atomic mass is 9.88. The third kappa shape index (κ3) is 0.956. The van der Waals surface area contributed by atoms with Crippen LogP contribution >= 0.6 is 0 Å². The van der Waals surface area contributed by atoms with Crippen molar-refractivity contribution in [3.63, 3.8) is 0 Å². The third-order valence-corrected chi connectivity index (χ3v) is 3.03. The average Bonchev–Trinajstić information content (AvgIpc) is 2.34. The fourth-order valence-electron chi connectivity index (χ4n) is 2.27. The SMILES string of the molecule is OCC1CCN2CCC1C2. The van der Waals surface area contributed by atoms with Gasteiger partial charge in [-0.05, 0) is 37.8 Å². The molecule has 2 nitrogen and oxygen atoms in total. The molecule has 2 rings (SSSR count). The van der Waals surface area contributed by atoms with Crippen molar-refractivity contribution in [2.24, 2.45) is 11.8 Å². The number of aliphatic hydroxyl groups is 1. The molecule has 2 bridgehead atoms. The average molecular weight is 141 g/mol. The van der Waals surface area contributed by atoms with E-state index < -0.39 is 0 Å². The summed E-state index contributed by atoms with van der Waals surface area (Å²) in [4.78, 5) is 2.51. The fourth-order valence-corrected chi connectivity index (χ4v) is 2.27. The van der Waals surface area contributed by atoms with Gasteiger partial charge in [-0.3, -0.25) is 0 Å². The summed E-state index contributed by atoms with van der Waals surface area (Å²) in [6, 6.07) is 0. The summed E-state index contributed by atoms with van der Waals surface area (Å²) in [6.07, 6.45) is 2.55. The van der Waals surface area contributed by atoms with Crippen LogP contribution in [0.25, 0.3) is 0 Å². The van der Waals surface area contributed by atoms with E-state index in [0.29, 0.717) is 12.5 Å². The molecule has 0 aromatic rings. The Kier molecular flexibility index (Phi) is 1.66. The van der Waals surface area contributed by atoms with Gasteiger partial charge in [-0.1, -0.05) is 0 Å². The van der Waals surface area contributed by atoms with E-state index in [1.54, 1.807) is 0 Å². The van der Waals surface area contributed by atoms with Gasteiger partial charge in [0.15, 0.2) is 0 Å². The van der Waals surface area contributed by atoms with E-state index in [9.17, 15) is 0 Å². The lowest BCUT2D eigenvalue weighted by Gasteiger charge is -2.28. The number of hydrogen-bond acceptors (Lipinski definition) is 2. The zero-order chi connectivity index (χ0) is 6.97. The zero-order valence-corrected chi connectivity index (χ0v) is 6.29. The number of rotatable bonds is 1. The highest BCUT2D eigenvalue weighted by atomic mass is 16.3. The number of aliphatic hydroxyl groups excluding tert-OH is 1. The van der Waals surface area contributed by atoms with Crippen LogP contribution in [0.1, 0.15) is 12.8 Å². The van der Waals surface area contributed by atoms with Crippen molar-refractivity contribution in [3.8, 4) is 0 Å². The van der Waals surface area contributed by atoms with E-state index in [-0.39, 0.29) is 0 Å². The minimum absolute atomic E-state index is 0.415. The van der Waals surface area contributed by atoms with Gasteiger partial charge in [-0.15, -0.1) is 0 Å². The molecule has 10 heavy (non-hydrogen) atoms.